The van der Waals surface area contributed by atoms with Gasteiger partial charge in [-0.15, -0.1) is 11.8 Å². The van der Waals surface area contributed by atoms with E-state index in [4.69, 9.17) is 4.74 Å². The molecule has 1 saturated heterocycles. The summed E-state index contributed by atoms with van der Waals surface area (Å²) in [6, 6.07) is 15.7. The maximum absolute atomic E-state index is 12.6. The summed E-state index contributed by atoms with van der Waals surface area (Å²) in [7, 11) is 0. The van der Waals surface area contributed by atoms with Crippen molar-refractivity contribution in [2.75, 3.05) is 56.2 Å². The number of amides is 2. The average molecular weight is 456 g/mol. The van der Waals surface area contributed by atoms with Gasteiger partial charge in [0.1, 0.15) is 5.75 Å². The molecule has 2 aromatic carbocycles. The minimum Gasteiger partial charge on any atom is -0.493 e. The molecule has 2 aromatic rings. The van der Waals surface area contributed by atoms with Gasteiger partial charge in [-0.05, 0) is 43.5 Å². The van der Waals surface area contributed by atoms with Crippen LogP contribution in [-0.4, -0.2) is 72.5 Å². The lowest BCUT2D eigenvalue weighted by Crippen LogP contribution is -2.38. The van der Waals surface area contributed by atoms with Crippen molar-refractivity contribution in [1.82, 2.24) is 9.80 Å². The molecule has 0 unspecified atom stereocenters. The highest BCUT2D eigenvalue weighted by Gasteiger charge is 2.20. The first-order valence-electron chi connectivity index (χ1n) is 11.1. The number of nitrogens with zero attached hydrogens (tertiary/aromatic N) is 2. The van der Waals surface area contributed by atoms with E-state index in [1.54, 1.807) is 11.8 Å². The van der Waals surface area contributed by atoms with Crippen LogP contribution in [0.3, 0.4) is 0 Å². The highest BCUT2D eigenvalue weighted by atomic mass is 32.2. The SMILES string of the molecule is Cc1cccc(C)c1NC(=O)CN1CCCN(C(=O)CSCCOc2ccccc2)CC1. The lowest BCUT2D eigenvalue weighted by Gasteiger charge is -2.22. The first kappa shape index (κ1) is 24.1. The van der Waals surface area contributed by atoms with E-state index in [2.05, 4.69) is 10.2 Å². The molecule has 0 aliphatic carbocycles. The summed E-state index contributed by atoms with van der Waals surface area (Å²) in [6.45, 7) is 7.89. The third kappa shape index (κ3) is 7.57. The van der Waals surface area contributed by atoms with Crippen molar-refractivity contribution in [3.05, 3.63) is 59.7 Å². The zero-order valence-electron chi connectivity index (χ0n) is 19.0. The zero-order chi connectivity index (χ0) is 22.8. The molecule has 0 aromatic heterocycles. The number of thioether (sulfide) groups is 1. The molecule has 7 heteroatoms. The molecule has 0 atom stereocenters. The Hall–Kier alpha value is -2.51. The number of aryl methyl sites for hydroxylation is 2. The molecule has 1 aliphatic heterocycles. The highest BCUT2D eigenvalue weighted by molar-refractivity contribution is 7.99. The molecular weight excluding hydrogens is 422 g/mol. The van der Waals surface area contributed by atoms with E-state index >= 15 is 0 Å². The summed E-state index contributed by atoms with van der Waals surface area (Å²) >= 11 is 1.60. The smallest absolute Gasteiger partial charge is 0.238 e. The second kappa shape index (κ2) is 12.5. The molecule has 0 saturated carbocycles. The topological polar surface area (TPSA) is 61.9 Å². The summed E-state index contributed by atoms with van der Waals surface area (Å²) < 4.78 is 5.67. The van der Waals surface area contributed by atoms with Gasteiger partial charge in [0.25, 0.3) is 0 Å². The number of nitrogens with one attached hydrogen (secondary N) is 1. The van der Waals surface area contributed by atoms with Crippen LogP contribution in [-0.2, 0) is 9.59 Å². The number of ether oxygens (including phenoxy) is 1. The van der Waals surface area contributed by atoms with Crippen LogP contribution in [0.4, 0.5) is 5.69 Å². The zero-order valence-corrected chi connectivity index (χ0v) is 19.8. The Bertz CT molecular complexity index is 871. The molecule has 1 N–H and O–H groups in total. The summed E-state index contributed by atoms with van der Waals surface area (Å²) in [5.74, 6) is 2.26. The Kier molecular flexibility index (Phi) is 9.43. The maximum Gasteiger partial charge on any atom is 0.238 e. The number of rotatable bonds is 9. The minimum atomic E-state index is -0.00357. The Morgan fingerprint density at radius 1 is 0.969 bits per heavy atom. The van der Waals surface area contributed by atoms with E-state index in [0.29, 0.717) is 32.0 Å². The van der Waals surface area contributed by atoms with E-state index < -0.39 is 0 Å². The fourth-order valence-corrected chi connectivity index (χ4v) is 4.46. The van der Waals surface area contributed by atoms with Crippen LogP contribution in [0, 0.1) is 13.8 Å². The molecule has 32 heavy (non-hydrogen) atoms. The van der Waals surface area contributed by atoms with E-state index in [1.165, 1.54) is 0 Å². The van der Waals surface area contributed by atoms with Gasteiger partial charge in [0.2, 0.25) is 11.8 Å². The Balaban J connectivity index is 1.35. The largest absolute Gasteiger partial charge is 0.493 e. The Labute approximate surface area is 195 Å². The van der Waals surface area contributed by atoms with Crippen molar-refractivity contribution in [1.29, 1.82) is 0 Å². The highest BCUT2D eigenvalue weighted by Crippen LogP contribution is 2.19. The van der Waals surface area contributed by atoms with Crippen LogP contribution in [0.15, 0.2) is 48.5 Å². The van der Waals surface area contributed by atoms with Crippen molar-refractivity contribution >= 4 is 29.3 Å². The fourth-order valence-electron chi connectivity index (χ4n) is 3.76. The average Bonchev–Trinajstić information content (AvgIpc) is 3.02. The van der Waals surface area contributed by atoms with Gasteiger partial charge in [0, 0.05) is 37.6 Å². The number of anilines is 1. The van der Waals surface area contributed by atoms with E-state index in [9.17, 15) is 9.59 Å². The molecule has 1 fully saturated rings. The number of hydrogen-bond donors (Lipinski definition) is 1. The van der Waals surface area contributed by atoms with Crippen LogP contribution >= 0.6 is 11.8 Å². The van der Waals surface area contributed by atoms with Crippen molar-refractivity contribution in [3.63, 3.8) is 0 Å². The van der Waals surface area contributed by atoms with Crippen molar-refractivity contribution < 1.29 is 14.3 Å². The quantitative estimate of drug-likeness (QED) is 0.586. The second-order valence-corrected chi connectivity index (χ2v) is 9.14. The van der Waals surface area contributed by atoms with Gasteiger partial charge < -0.3 is 15.0 Å². The van der Waals surface area contributed by atoms with Gasteiger partial charge in [0.05, 0.1) is 18.9 Å². The van der Waals surface area contributed by atoms with Crippen LogP contribution in [0.2, 0.25) is 0 Å². The molecule has 6 nitrogen and oxygen atoms in total. The molecule has 1 aliphatic rings. The van der Waals surface area contributed by atoms with Crippen LogP contribution in [0.5, 0.6) is 5.75 Å². The number of para-hydroxylation sites is 2. The molecule has 2 amide bonds. The van der Waals surface area contributed by atoms with Crippen LogP contribution < -0.4 is 10.1 Å². The fraction of sp³-hybridized carbons (Fsp3) is 0.440. The monoisotopic (exact) mass is 455 g/mol. The Morgan fingerprint density at radius 2 is 1.72 bits per heavy atom. The van der Waals surface area contributed by atoms with Gasteiger partial charge >= 0.3 is 0 Å². The lowest BCUT2D eigenvalue weighted by atomic mass is 10.1. The standard InChI is InChI=1S/C25H33N3O3S/c1-20-8-6-9-21(2)25(20)26-23(29)18-27-12-7-13-28(15-14-27)24(30)19-32-17-16-31-22-10-4-3-5-11-22/h3-6,8-11H,7,12-19H2,1-2H3,(H,26,29). The van der Waals surface area contributed by atoms with Gasteiger partial charge in [-0.1, -0.05) is 36.4 Å². The van der Waals surface area contributed by atoms with E-state index in [1.807, 2.05) is 67.3 Å². The second-order valence-electron chi connectivity index (χ2n) is 8.04. The van der Waals surface area contributed by atoms with Crippen molar-refractivity contribution in [2.45, 2.75) is 20.3 Å². The maximum atomic E-state index is 12.6. The number of hydrogen-bond acceptors (Lipinski definition) is 5. The number of carbonyl (C=O) groups excluding carboxylic acids is 2. The molecule has 0 radical (unpaired) electrons. The Morgan fingerprint density at radius 3 is 2.47 bits per heavy atom. The predicted octanol–water partition coefficient (Wildman–Crippen LogP) is 3.59. The molecule has 0 bridgehead atoms. The summed E-state index contributed by atoms with van der Waals surface area (Å²) in [5, 5.41) is 3.06. The van der Waals surface area contributed by atoms with Gasteiger partial charge in [-0.2, -0.15) is 0 Å². The van der Waals surface area contributed by atoms with E-state index in [-0.39, 0.29) is 11.8 Å². The normalized spacial score (nSPS) is 14.6. The third-order valence-corrected chi connectivity index (χ3v) is 6.43. The first-order valence-corrected chi connectivity index (χ1v) is 12.3. The lowest BCUT2D eigenvalue weighted by molar-refractivity contribution is -0.128. The predicted molar refractivity (Wildman–Crippen MR) is 131 cm³/mol. The van der Waals surface area contributed by atoms with E-state index in [0.717, 1.165) is 47.8 Å². The summed E-state index contributed by atoms with van der Waals surface area (Å²) in [5.41, 5.74) is 3.03. The van der Waals surface area contributed by atoms with Gasteiger partial charge in [0.15, 0.2) is 0 Å². The van der Waals surface area contributed by atoms with Crippen molar-refractivity contribution in [3.8, 4) is 5.75 Å². The summed E-state index contributed by atoms with van der Waals surface area (Å²) in [4.78, 5) is 29.2. The number of benzene rings is 2. The van der Waals surface area contributed by atoms with Gasteiger partial charge in [-0.25, -0.2) is 0 Å². The molecule has 1 heterocycles. The molecule has 172 valence electrons. The molecule has 0 spiro atoms. The van der Waals surface area contributed by atoms with Crippen LogP contribution in [0.25, 0.3) is 0 Å². The first-order chi connectivity index (χ1) is 15.5. The molecule has 3 rings (SSSR count). The molecular formula is C25H33N3O3S. The minimum absolute atomic E-state index is 0.00357. The van der Waals surface area contributed by atoms with Gasteiger partial charge in [-0.3, -0.25) is 14.5 Å². The van der Waals surface area contributed by atoms with Crippen LogP contribution in [0.1, 0.15) is 17.5 Å². The summed E-state index contributed by atoms with van der Waals surface area (Å²) in [6.07, 6.45) is 0.879. The van der Waals surface area contributed by atoms with Crippen molar-refractivity contribution in [2.24, 2.45) is 0 Å². The number of carbonyl (C=O) groups is 2. The third-order valence-electron chi connectivity index (χ3n) is 5.52.